The molecular formula is C10H9NO2. The maximum atomic E-state index is 9.48. The van der Waals surface area contributed by atoms with Gasteiger partial charge in [-0.3, -0.25) is 5.21 Å². The van der Waals surface area contributed by atoms with Gasteiger partial charge in [0.1, 0.15) is 0 Å². The molecule has 3 nitrogen and oxygen atoms in total. The van der Waals surface area contributed by atoms with E-state index in [2.05, 4.69) is 0 Å². The first-order valence-corrected chi connectivity index (χ1v) is 3.94. The third-order valence-corrected chi connectivity index (χ3v) is 1.90. The number of fused-ring (bicyclic) bond motifs is 1. The number of hydrogen-bond acceptors (Lipinski definition) is 3. The molecule has 1 aromatic rings. The molecule has 0 bridgehead atoms. The van der Waals surface area contributed by atoms with Gasteiger partial charge in [-0.25, -0.2) is 0 Å². The van der Waals surface area contributed by atoms with E-state index in [1.165, 1.54) is 6.08 Å². The molecule has 66 valence electrons. The van der Waals surface area contributed by atoms with Crippen molar-refractivity contribution >= 4 is 11.8 Å². The zero-order valence-electron chi connectivity index (χ0n) is 6.88. The van der Waals surface area contributed by atoms with Crippen molar-refractivity contribution < 1.29 is 10.3 Å². The summed E-state index contributed by atoms with van der Waals surface area (Å²) in [7, 11) is 0. The lowest BCUT2D eigenvalue weighted by Gasteiger charge is -2.15. The highest BCUT2D eigenvalue weighted by Gasteiger charge is 2.11. The number of para-hydroxylation sites is 1. The van der Waals surface area contributed by atoms with E-state index in [0.29, 0.717) is 5.69 Å². The third kappa shape index (κ3) is 1.29. The van der Waals surface area contributed by atoms with E-state index in [1.54, 1.807) is 18.2 Å². The molecule has 2 rings (SSSR count). The Morgan fingerprint density at radius 1 is 1.15 bits per heavy atom. The second-order valence-corrected chi connectivity index (χ2v) is 2.75. The van der Waals surface area contributed by atoms with Crippen LogP contribution in [0.4, 0.5) is 5.69 Å². The quantitative estimate of drug-likeness (QED) is 0.635. The Bertz CT molecular complexity index is 382. The van der Waals surface area contributed by atoms with E-state index in [9.17, 15) is 10.3 Å². The number of hydroxylamine groups is 1. The first-order chi connectivity index (χ1) is 6.29. The zero-order chi connectivity index (χ0) is 9.26. The van der Waals surface area contributed by atoms with Crippen LogP contribution in [0.15, 0.2) is 42.3 Å². The summed E-state index contributed by atoms with van der Waals surface area (Å²) in [5.41, 5.74) is 1.44. The monoisotopic (exact) mass is 175 g/mol. The molecule has 0 aliphatic carbocycles. The van der Waals surface area contributed by atoms with E-state index >= 15 is 0 Å². The van der Waals surface area contributed by atoms with Gasteiger partial charge in [0.2, 0.25) is 5.88 Å². The predicted octanol–water partition coefficient (Wildman–Crippen LogP) is 2.31. The van der Waals surface area contributed by atoms with Crippen molar-refractivity contribution in [3.63, 3.8) is 0 Å². The molecule has 0 unspecified atom stereocenters. The van der Waals surface area contributed by atoms with Crippen LogP contribution in [0, 0.1) is 0 Å². The molecule has 13 heavy (non-hydrogen) atoms. The zero-order valence-corrected chi connectivity index (χ0v) is 6.88. The molecule has 2 N–H and O–H groups in total. The highest BCUT2D eigenvalue weighted by molar-refractivity contribution is 5.70. The Kier molecular flexibility index (Phi) is 1.79. The normalized spacial score (nSPS) is 14.8. The minimum atomic E-state index is -0.179. The van der Waals surface area contributed by atoms with Crippen LogP contribution in [0.2, 0.25) is 0 Å². The average molecular weight is 175 g/mol. The van der Waals surface area contributed by atoms with Gasteiger partial charge in [-0.05, 0) is 6.07 Å². The number of anilines is 1. The fraction of sp³-hybridized carbons (Fsp3) is 0. The highest BCUT2D eigenvalue weighted by Crippen LogP contribution is 2.24. The van der Waals surface area contributed by atoms with Gasteiger partial charge in [-0.15, -0.1) is 0 Å². The molecule has 0 amide bonds. The molecule has 0 radical (unpaired) electrons. The summed E-state index contributed by atoms with van der Waals surface area (Å²) in [6, 6.07) is 7.27. The van der Waals surface area contributed by atoms with Crippen LogP contribution in [0.25, 0.3) is 6.08 Å². The van der Waals surface area contributed by atoms with Crippen LogP contribution in [-0.2, 0) is 0 Å². The molecule has 0 atom stereocenters. The van der Waals surface area contributed by atoms with Crippen LogP contribution >= 0.6 is 0 Å². The smallest absolute Gasteiger partial charge is 0.215 e. The topological polar surface area (TPSA) is 43.7 Å². The van der Waals surface area contributed by atoms with Crippen molar-refractivity contribution in [2.75, 3.05) is 5.06 Å². The van der Waals surface area contributed by atoms with E-state index in [4.69, 9.17) is 0 Å². The van der Waals surface area contributed by atoms with E-state index in [1.807, 2.05) is 18.2 Å². The van der Waals surface area contributed by atoms with Crippen molar-refractivity contribution in [2.24, 2.45) is 0 Å². The van der Waals surface area contributed by atoms with Crippen LogP contribution in [0.5, 0.6) is 0 Å². The van der Waals surface area contributed by atoms with Crippen molar-refractivity contribution in [3.8, 4) is 0 Å². The number of benzene rings is 1. The summed E-state index contributed by atoms with van der Waals surface area (Å²) in [6.45, 7) is 0. The number of hydrogen-bond donors (Lipinski definition) is 2. The van der Waals surface area contributed by atoms with Gasteiger partial charge in [0, 0.05) is 11.6 Å². The van der Waals surface area contributed by atoms with Gasteiger partial charge < -0.3 is 5.11 Å². The van der Waals surface area contributed by atoms with E-state index < -0.39 is 0 Å². The second kappa shape index (κ2) is 2.95. The van der Waals surface area contributed by atoms with Gasteiger partial charge in [-0.2, -0.15) is 5.06 Å². The maximum absolute atomic E-state index is 9.48. The standard InChI is InChI=1S/C10H9NO2/c12-10-7-3-5-8-4-1-2-6-9(8)11(10)13/h1-7,12-13H. The van der Waals surface area contributed by atoms with Gasteiger partial charge in [0.25, 0.3) is 0 Å². The lowest BCUT2D eigenvalue weighted by molar-refractivity contribution is 0.214. The minimum absolute atomic E-state index is 0.179. The summed E-state index contributed by atoms with van der Waals surface area (Å²) in [4.78, 5) is 0. The Morgan fingerprint density at radius 2 is 1.92 bits per heavy atom. The summed E-state index contributed by atoms with van der Waals surface area (Å²) < 4.78 is 0. The van der Waals surface area contributed by atoms with Crippen LogP contribution in [0.3, 0.4) is 0 Å². The first-order valence-electron chi connectivity index (χ1n) is 3.94. The van der Waals surface area contributed by atoms with Gasteiger partial charge in [-0.1, -0.05) is 30.4 Å². The Balaban J connectivity index is 2.57. The number of allylic oxidation sites excluding steroid dienone is 2. The summed E-state index contributed by atoms with van der Waals surface area (Å²) in [6.07, 6.45) is 4.94. The third-order valence-electron chi connectivity index (χ3n) is 1.90. The fourth-order valence-electron chi connectivity index (χ4n) is 1.25. The van der Waals surface area contributed by atoms with Crippen LogP contribution in [-0.4, -0.2) is 10.3 Å². The average Bonchev–Trinajstić information content (AvgIpc) is 2.29. The van der Waals surface area contributed by atoms with Gasteiger partial charge >= 0.3 is 0 Å². The Hall–Kier alpha value is -1.74. The van der Waals surface area contributed by atoms with Gasteiger partial charge in [0.05, 0.1) is 5.69 Å². The lowest BCUT2D eigenvalue weighted by atomic mass is 10.2. The van der Waals surface area contributed by atoms with Crippen LogP contribution in [0.1, 0.15) is 5.56 Å². The SMILES string of the molecule is OC1=CC=Cc2ccccc2N1O. The molecule has 1 heterocycles. The highest BCUT2D eigenvalue weighted by atomic mass is 16.5. The molecule has 0 aromatic heterocycles. The molecule has 1 aliphatic heterocycles. The minimum Gasteiger partial charge on any atom is -0.493 e. The predicted molar refractivity (Wildman–Crippen MR) is 50.5 cm³/mol. The lowest BCUT2D eigenvalue weighted by Crippen LogP contribution is -2.16. The molecular weight excluding hydrogens is 166 g/mol. The molecule has 3 heteroatoms. The Morgan fingerprint density at radius 3 is 2.77 bits per heavy atom. The molecule has 0 saturated heterocycles. The summed E-state index contributed by atoms with van der Waals surface area (Å²) in [5, 5.41) is 19.5. The van der Waals surface area contributed by atoms with Crippen molar-refractivity contribution in [2.45, 2.75) is 0 Å². The van der Waals surface area contributed by atoms with Gasteiger partial charge in [0.15, 0.2) is 0 Å². The van der Waals surface area contributed by atoms with Crippen molar-refractivity contribution in [1.29, 1.82) is 0 Å². The summed E-state index contributed by atoms with van der Waals surface area (Å²) in [5.74, 6) is -0.179. The first kappa shape index (κ1) is 7.89. The second-order valence-electron chi connectivity index (χ2n) is 2.75. The van der Waals surface area contributed by atoms with E-state index in [0.717, 1.165) is 10.6 Å². The summed E-state index contributed by atoms with van der Waals surface area (Å²) >= 11 is 0. The largest absolute Gasteiger partial charge is 0.493 e. The maximum Gasteiger partial charge on any atom is 0.215 e. The number of rotatable bonds is 0. The van der Waals surface area contributed by atoms with E-state index in [-0.39, 0.29) is 5.88 Å². The van der Waals surface area contributed by atoms with Crippen LogP contribution < -0.4 is 5.06 Å². The molecule has 0 saturated carbocycles. The number of nitrogens with zero attached hydrogens (tertiary/aromatic N) is 1. The Labute approximate surface area is 75.8 Å². The molecule has 0 spiro atoms. The molecule has 1 aliphatic rings. The number of aliphatic hydroxyl groups excluding tert-OH is 1. The van der Waals surface area contributed by atoms with Crippen molar-refractivity contribution in [3.05, 3.63) is 47.9 Å². The molecule has 1 aromatic carbocycles. The van der Waals surface area contributed by atoms with Crippen molar-refractivity contribution in [1.82, 2.24) is 0 Å². The fourth-order valence-corrected chi connectivity index (χ4v) is 1.25. The molecule has 0 fully saturated rings. The number of aliphatic hydroxyl groups is 1.